The summed E-state index contributed by atoms with van der Waals surface area (Å²) in [5, 5.41) is 3.18. The highest BCUT2D eigenvalue weighted by atomic mass is 35.5. The summed E-state index contributed by atoms with van der Waals surface area (Å²) in [6, 6.07) is 0.271. The first-order chi connectivity index (χ1) is 7.61. The lowest BCUT2D eigenvalue weighted by Gasteiger charge is -2.08. The second-order valence-corrected chi connectivity index (χ2v) is 4.18. The van der Waals surface area contributed by atoms with Crippen molar-refractivity contribution in [2.24, 2.45) is 5.92 Å². The molecule has 0 atom stereocenters. The number of hydrogen-bond donors (Lipinski definition) is 1. The van der Waals surface area contributed by atoms with Crippen LogP contribution in [-0.4, -0.2) is 28.1 Å². The third kappa shape index (κ3) is 4.61. The van der Waals surface area contributed by atoms with Crippen molar-refractivity contribution in [1.82, 2.24) is 15.0 Å². The molecule has 1 aromatic rings. The number of halogens is 1. The normalized spacial score (nSPS) is 10.6. The van der Waals surface area contributed by atoms with Gasteiger partial charge < -0.3 is 10.1 Å². The second-order valence-electron chi connectivity index (χ2n) is 3.84. The van der Waals surface area contributed by atoms with E-state index in [0.717, 1.165) is 13.0 Å². The predicted octanol–water partition coefficient (Wildman–Crippen LogP) is 2.38. The molecule has 0 aromatic carbocycles. The fourth-order valence-corrected chi connectivity index (χ4v) is 1.11. The topological polar surface area (TPSA) is 59.9 Å². The molecular formula is C10H17ClN4O. The van der Waals surface area contributed by atoms with Crippen molar-refractivity contribution < 1.29 is 4.74 Å². The largest absolute Gasteiger partial charge is 0.463 e. The van der Waals surface area contributed by atoms with E-state index in [4.69, 9.17) is 16.3 Å². The average molecular weight is 245 g/mol. The summed E-state index contributed by atoms with van der Waals surface area (Å²) in [6.45, 7) is 7.53. The van der Waals surface area contributed by atoms with E-state index in [2.05, 4.69) is 41.0 Å². The molecule has 90 valence electrons. The fraction of sp³-hybridized carbons (Fsp3) is 0.700. The summed E-state index contributed by atoms with van der Waals surface area (Å²) in [5.74, 6) is 0.878. The highest BCUT2D eigenvalue weighted by molar-refractivity contribution is 6.28. The van der Waals surface area contributed by atoms with Gasteiger partial charge in [0.25, 0.3) is 0 Å². The SMILES string of the molecule is CCCNc1nc(Cl)nc(OCC(C)C)n1. The zero-order valence-corrected chi connectivity index (χ0v) is 10.6. The van der Waals surface area contributed by atoms with Gasteiger partial charge in [0.2, 0.25) is 11.2 Å². The molecule has 0 aliphatic rings. The molecular weight excluding hydrogens is 228 g/mol. The lowest BCUT2D eigenvalue weighted by Crippen LogP contribution is -2.10. The summed E-state index contributed by atoms with van der Waals surface area (Å²) >= 11 is 5.76. The number of aromatic nitrogens is 3. The quantitative estimate of drug-likeness (QED) is 0.833. The van der Waals surface area contributed by atoms with Gasteiger partial charge in [-0.3, -0.25) is 0 Å². The van der Waals surface area contributed by atoms with Crippen LogP contribution in [0.15, 0.2) is 0 Å². The number of rotatable bonds is 6. The van der Waals surface area contributed by atoms with Crippen LogP contribution >= 0.6 is 11.6 Å². The zero-order valence-electron chi connectivity index (χ0n) is 9.83. The monoisotopic (exact) mass is 244 g/mol. The summed E-state index contributed by atoms with van der Waals surface area (Å²) < 4.78 is 5.38. The molecule has 0 amide bonds. The lowest BCUT2D eigenvalue weighted by molar-refractivity contribution is 0.250. The second kappa shape index (κ2) is 6.48. The number of nitrogens with one attached hydrogen (secondary N) is 1. The molecule has 6 heteroatoms. The Balaban J connectivity index is 2.65. The van der Waals surface area contributed by atoms with E-state index in [1.165, 1.54) is 0 Å². The molecule has 0 fully saturated rings. The molecule has 5 nitrogen and oxygen atoms in total. The van der Waals surface area contributed by atoms with Crippen LogP contribution in [0, 0.1) is 5.92 Å². The third-order valence-electron chi connectivity index (χ3n) is 1.67. The number of ether oxygens (including phenoxy) is 1. The maximum atomic E-state index is 5.76. The molecule has 0 saturated heterocycles. The maximum absolute atomic E-state index is 5.76. The van der Waals surface area contributed by atoms with Crippen LogP contribution in [0.5, 0.6) is 6.01 Å². The fourth-order valence-electron chi connectivity index (χ4n) is 0.954. The van der Waals surface area contributed by atoms with E-state index < -0.39 is 0 Å². The number of anilines is 1. The van der Waals surface area contributed by atoms with Gasteiger partial charge in [-0.25, -0.2) is 0 Å². The van der Waals surface area contributed by atoms with Crippen LogP contribution in [0.3, 0.4) is 0 Å². The van der Waals surface area contributed by atoms with Crippen LogP contribution in [-0.2, 0) is 0 Å². The third-order valence-corrected chi connectivity index (χ3v) is 1.84. The first kappa shape index (κ1) is 13.0. The maximum Gasteiger partial charge on any atom is 0.322 e. The minimum Gasteiger partial charge on any atom is -0.463 e. The Morgan fingerprint density at radius 1 is 1.31 bits per heavy atom. The molecule has 0 aliphatic heterocycles. The van der Waals surface area contributed by atoms with Gasteiger partial charge in [0.05, 0.1) is 6.61 Å². The van der Waals surface area contributed by atoms with Crippen LogP contribution in [0.1, 0.15) is 27.2 Å². The Kier molecular flexibility index (Phi) is 5.25. The van der Waals surface area contributed by atoms with Crippen molar-refractivity contribution in [3.05, 3.63) is 5.28 Å². The Hall–Kier alpha value is -1.10. The molecule has 1 heterocycles. The Morgan fingerprint density at radius 3 is 2.69 bits per heavy atom. The summed E-state index contributed by atoms with van der Waals surface area (Å²) in [6.07, 6.45) is 0.992. The van der Waals surface area contributed by atoms with E-state index in [9.17, 15) is 0 Å². The van der Waals surface area contributed by atoms with Crippen LogP contribution in [0.25, 0.3) is 0 Å². The van der Waals surface area contributed by atoms with Gasteiger partial charge >= 0.3 is 6.01 Å². The molecule has 0 aliphatic carbocycles. The van der Waals surface area contributed by atoms with Gasteiger partial charge in [-0.15, -0.1) is 0 Å². The van der Waals surface area contributed by atoms with E-state index in [-0.39, 0.29) is 11.3 Å². The van der Waals surface area contributed by atoms with Crippen LogP contribution in [0.2, 0.25) is 5.28 Å². The predicted molar refractivity (Wildman–Crippen MR) is 64.0 cm³/mol. The number of hydrogen-bond acceptors (Lipinski definition) is 5. The van der Waals surface area contributed by atoms with Crippen molar-refractivity contribution in [2.45, 2.75) is 27.2 Å². The molecule has 16 heavy (non-hydrogen) atoms. The summed E-state index contributed by atoms with van der Waals surface area (Å²) in [5.41, 5.74) is 0. The van der Waals surface area contributed by atoms with Crippen molar-refractivity contribution in [3.8, 4) is 6.01 Å². The first-order valence-electron chi connectivity index (χ1n) is 5.40. The standard InChI is InChI=1S/C10H17ClN4O/c1-4-5-12-9-13-8(11)14-10(15-9)16-6-7(2)3/h7H,4-6H2,1-3H3,(H,12,13,14,15). The van der Waals surface area contributed by atoms with Gasteiger partial charge in [0, 0.05) is 6.54 Å². The van der Waals surface area contributed by atoms with Crippen molar-refractivity contribution in [1.29, 1.82) is 0 Å². The highest BCUT2D eigenvalue weighted by Crippen LogP contribution is 2.12. The van der Waals surface area contributed by atoms with Crippen molar-refractivity contribution in [3.63, 3.8) is 0 Å². The van der Waals surface area contributed by atoms with Gasteiger partial charge in [-0.1, -0.05) is 20.8 Å². The van der Waals surface area contributed by atoms with E-state index in [1.54, 1.807) is 0 Å². The Labute approximate surface area is 101 Å². The van der Waals surface area contributed by atoms with Gasteiger partial charge in [0.1, 0.15) is 0 Å². The summed E-state index contributed by atoms with van der Waals surface area (Å²) in [7, 11) is 0. The first-order valence-corrected chi connectivity index (χ1v) is 5.77. The molecule has 1 aromatic heterocycles. The zero-order chi connectivity index (χ0) is 12.0. The Morgan fingerprint density at radius 2 is 2.06 bits per heavy atom. The van der Waals surface area contributed by atoms with E-state index in [1.807, 2.05) is 0 Å². The Bertz CT molecular complexity index is 333. The van der Waals surface area contributed by atoms with Crippen molar-refractivity contribution in [2.75, 3.05) is 18.5 Å². The van der Waals surface area contributed by atoms with Crippen molar-refractivity contribution >= 4 is 17.5 Å². The molecule has 0 bridgehead atoms. The van der Waals surface area contributed by atoms with E-state index in [0.29, 0.717) is 18.5 Å². The minimum absolute atomic E-state index is 0.146. The van der Waals surface area contributed by atoms with Gasteiger partial charge in [-0.2, -0.15) is 15.0 Å². The lowest BCUT2D eigenvalue weighted by atomic mass is 10.2. The minimum atomic E-state index is 0.146. The highest BCUT2D eigenvalue weighted by Gasteiger charge is 2.06. The van der Waals surface area contributed by atoms with E-state index >= 15 is 0 Å². The van der Waals surface area contributed by atoms with Gasteiger partial charge in [-0.05, 0) is 23.9 Å². The molecule has 1 rings (SSSR count). The average Bonchev–Trinajstić information content (AvgIpc) is 2.23. The number of nitrogens with zero attached hydrogens (tertiary/aromatic N) is 3. The smallest absolute Gasteiger partial charge is 0.322 e. The molecule has 1 N–H and O–H groups in total. The molecule has 0 unspecified atom stereocenters. The molecule has 0 spiro atoms. The van der Waals surface area contributed by atoms with Gasteiger partial charge in [0.15, 0.2) is 0 Å². The van der Waals surface area contributed by atoms with Crippen LogP contribution in [0.4, 0.5) is 5.95 Å². The molecule has 0 saturated carbocycles. The molecule has 0 radical (unpaired) electrons. The summed E-state index contributed by atoms with van der Waals surface area (Å²) in [4.78, 5) is 11.9. The van der Waals surface area contributed by atoms with Crippen LogP contribution < -0.4 is 10.1 Å².